The first kappa shape index (κ1) is 18.8. The Bertz CT molecular complexity index is 938. The fourth-order valence-corrected chi connectivity index (χ4v) is 5.05. The van der Waals surface area contributed by atoms with Crippen LogP contribution in [0.5, 0.6) is 5.75 Å². The lowest BCUT2D eigenvalue weighted by molar-refractivity contribution is -0.122. The van der Waals surface area contributed by atoms with Gasteiger partial charge in [-0.2, -0.15) is 0 Å². The maximum Gasteiger partial charge on any atom is 0.235 e. The number of hydrogen-bond donors (Lipinski definition) is 2. The monoisotopic (exact) mass is 411 g/mol. The molecule has 0 saturated carbocycles. The Labute approximate surface area is 176 Å². The number of likely N-dealkylation sites (tertiary alicyclic amines) is 1. The van der Waals surface area contributed by atoms with Crippen molar-refractivity contribution in [3.05, 3.63) is 52.5 Å². The molecule has 6 heteroatoms. The summed E-state index contributed by atoms with van der Waals surface area (Å²) in [5, 5.41) is 7.16. The number of carbonyl (C=O) groups is 1. The second-order valence-corrected chi connectivity index (χ2v) is 8.70. The molecule has 1 spiro atoms. The van der Waals surface area contributed by atoms with E-state index in [2.05, 4.69) is 27.7 Å². The summed E-state index contributed by atoms with van der Waals surface area (Å²) in [6.45, 7) is 4.36. The molecule has 1 fully saturated rings. The van der Waals surface area contributed by atoms with E-state index in [0.29, 0.717) is 11.6 Å². The smallest absolute Gasteiger partial charge is 0.235 e. The maximum atomic E-state index is 12.7. The number of fused-ring (bicyclic) bond motifs is 3. The number of amides is 1. The van der Waals surface area contributed by atoms with Crippen LogP contribution in [0.3, 0.4) is 0 Å². The van der Waals surface area contributed by atoms with Gasteiger partial charge in [0, 0.05) is 29.5 Å². The van der Waals surface area contributed by atoms with E-state index in [4.69, 9.17) is 16.3 Å². The normalized spacial score (nSPS) is 20.0. The van der Waals surface area contributed by atoms with Crippen LogP contribution in [0, 0.1) is 0 Å². The molecule has 0 atom stereocenters. The largest absolute Gasteiger partial charge is 0.492 e. The van der Waals surface area contributed by atoms with Crippen molar-refractivity contribution in [1.82, 2.24) is 4.90 Å². The molecule has 0 radical (unpaired) electrons. The van der Waals surface area contributed by atoms with Gasteiger partial charge in [-0.3, -0.25) is 9.69 Å². The predicted molar refractivity (Wildman–Crippen MR) is 116 cm³/mol. The molecule has 1 saturated heterocycles. The third-order valence-electron chi connectivity index (χ3n) is 6.58. The Morgan fingerprint density at radius 2 is 1.93 bits per heavy atom. The molecule has 2 N–H and O–H groups in total. The van der Waals surface area contributed by atoms with Crippen LogP contribution in [0.25, 0.3) is 0 Å². The zero-order valence-corrected chi connectivity index (χ0v) is 17.2. The number of ether oxygens (including phenoxy) is 1. The van der Waals surface area contributed by atoms with Gasteiger partial charge in [0.2, 0.25) is 5.91 Å². The second kappa shape index (κ2) is 7.54. The van der Waals surface area contributed by atoms with Crippen LogP contribution in [-0.2, 0) is 16.6 Å². The molecule has 2 aromatic rings. The number of rotatable bonds is 4. The molecule has 0 unspecified atom stereocenters. The molecule has 5 nitrogen and oxygen atoms in total. The van der Waals surface area contributed by atoms with Crippen molar-refractivity contribution in [2.45, 2.75) is 31.1 Å². The number of anilines is 2. The number of piperidine rings is 1. The third-order valence-corrected chi connectivity index (χ3v) is 6.82. The molecule has 0 aromatic heterocycles. The lowest BCUT2D eigenvalue weighted by Gasteiger charge is -2.38. The van der Waals surface area contributed by atoms with Crippen LogP contribution in [0.4, 0.5) is 11.4 Å². The maximum absolute atomic E-state index is 12.7. The average Bonchev–Trinajstić information content (AvgIpc) is 3.00. The number of nitrogens with zero attached hydrogens (tertiary/aromatic N) is 1. The average molecular weight is 412 g/mol. The highest BCUT2D eigenvalue weighted by Crippen LogP contribution is 2.45. The number of carbonyl (C=O) groups excluding carboxylic acids is 1. The van der Waals surface area contributed by atoms with Crippen molar-refractivity contribution < 1.29 is 9.53 Å². The highest BCUT2D eigenvalue weighted by atomic mass is 35.5. The molecular weight excluding hydrogens is 386 g/mol. The second-order valence-electron chi connectivity index (χ2n) is 8.27. The number of halogens is 1. The van der Waals surface area contributed by atoms with Crippen molar-refractivity contribution >= 4 is 28.9 Å². The summed E-state index contributed by atoms with van der Waals surface area (Å²) >= 11 is 6.20. The summed E-state index contributed by atoms with van der Waals surface area (Å²) in [7, 11) is 0. The van der Waals surface area contributed by atoms with Crippen molar-refractivity contribution in [2.75, 3.05) is 43.4 Å². The molecule has 3 heterocycles. The lowest BCUT2D eigenvalue weighted by atomic mass is 9.73. The molecule has 5 rings (SSSR count). The molecule has 0 bridgehead atoms. The Kier molecular flexibility index (Phi) is 4.88. The number of hydrogen-bond acceptors (Lipinski definition) is 4. The first-order valence-electron chi connectivity index (χ1n) is 10.5. The van der Waals surface area contributed by atoms with Crippen molar-refractivity contribution in [3.8, 4) is 5.75 Å². The minimum atomic E-state index is -0.427. The molecule has 1 amide bonds. The van der Waals surface area contributed by atoms with E-state index in [1.165, 1.54) is 17.7 Å². The first-order valence-corrected chi connectivity index (χ1v) is 10.9. The van der Waals surface area contributed by atoms with Crippen LogP contribution in [0.2, 0.25) is 5.02 Å². The first-order chi connectivity index (χ1) is 14.1. The van der Waals surface area contributed by atoms with Crippen LogP contribution in [-0.4, -0.2) is 43.6 Å². The molecule has 29 heavy (non-hydrogen) atoms. The Morgan fingerprint density at radius 3 is 2.79 bits per heavy atom. The molecule has 3 aliphatic heterocycles. The van der Waals surface area contributed by atoms with Gasteiger partial charge < -0.3 is 15.4 Å². The van der Waals surface area contributed by atoms with Gasteiger partial charge in [0.1, 0.15) is 12.4 Å². The van der Waals surface area contributed by atoms with E-state index >= 15 is 0 Å². The Balaban J connectivity index is 1.17. The van der Waals surface area contributed by atoms with Crippen molar-refractivity contribution in [1.29, 1.82) is 0 Å². The minimum Gasteiger partial charge on any atom is -0.492 e. The summed E-state index contributed by atoms with van der Waals surface area (Å²) in [5.41, 5.74) is 4.13. The summed E-state index contributed by atoms with van der Waals surface area (Å²) in [6.07, 6.45) is 3.92. The van der Waals surface area contributed by atoms with Crippen LogP contribution < -0.4 is 15.4 Å². The fraction of sp³-hybridized carbons (Fsp3) is 0.435. The van der Waals surface area contributed by atoms with Gasteiger partial charge in [0.15, 0.2) is 0 Å². The number of aryl methyl sites for hydroxylation is 1. The van der Waals surface area contributed by atoms with E-state index in [0.717, 1.165) is 62.4 Å². The van der Waals surface area contributed by atoms with E-state index in [9.17, 15) is 4.79 Å². The lowest BCUT2D eigenvalue weighted by Crippen LogP contribution is -2.47. The van der Waals surface area contributed by atoms with Gasteiger partial charge in [-0.15, -0.1) is 0 Å². The summed E-state index contributed by atoms with van der Waals surface area (Å²) < 4.78 is 6.02. The number of nitrogens with one attached hydrogen (secondary N) is 2. The quantitative estimate of drug-likeness (QED) is 0.796. The number of benzene rings is 2. The summed E-state index contributed by atoms with van der Waals surface area (Å²) in [4.78, 5) is 15.1. The van der Waals surface area contributed by atoms with Gasteiger partial charge in [-0.05, 0) is 86.3 Å². The topological polar surface area (TPSA) is 53.6 Å². The van der Waals surface area contributed by atoms with Gasteiger partial charge in [-0.1, -0.05) is 11.6 Å². The standard InChI is InChI=1S/C23H26ClN3O2/c24-17-3-5-21-19(15-17)23(22(28)26-21)7-10-27(11-8-23)12-13-29-18-4-6-20-16(14-18)2-1-9-25-20/h3-6,14-15,25H,1-2,7-13H2,(H,26,28). The van der Waals surface area contributed by atoms with Crippen molar-refractivity contribution in [2.24, 2.45) is 0 Å². The van der Waals surface area contributed by atoms with Crippen LogP contribution in [0.1, 0.15) is 30.4 Å². The van der Waals surface area contributed by atoms with E-state index in [1.54, 1.807) is 0 Å². The van der Waals surface area contributed by atoms with Gasteiger partial charge in [0.25, 0.3) is 0 Å². The zero-order chi connectivity index (χ0) is 19.8. The zero-order valence-electron chi connectivity index (χ0n) is 16.5. The van der Waals surface area contributed by atoms with E-state index in [1.807, 2.05) is 24.3 Å². The molecule has 0 aliphatic carbocycles. The van der Waals surface area contributed by atoms with Crippen molar-refractivity contribution in [3.63, 3.8) is 0 Å². The van der Waals surface area contributed by atoms with Gasteiger partial charge in [0.05, 0.1) is 5.41 Å². The summed E-state index contributed by atoms with van der Waals surface area (Å²) in [5.74, 6) is 1.06. The van der Waals surface area contributed by atoms with Gasteiger partial charge >= 0.3 is 0 Å². The third kappa shape index (κ3) is 3.47. The fourth-order valence-electron chi connectivity index (χ4n) is 4.87. The SMILES string of the molecule is O=C1Nc2ccc(Cl)cc2C12CCN(CCOc1ccc3c(c1)CCCN3)CC2. The summed E-state index contributed by atoms with van der Waals surface area (Å²) in [6, 6.07) is 12.0. The Morgan fingerprint density at radius 1 is 1.10 bits per heavy atom. The molecule has 152 valence electrons. The van der Waals surface area contributed by atoms with Crippen LogP contribution >= 0.6 is 11.6 Å². The van der Waals surface area contributed by atoms with Gasteiger partial charge in [-0.25, -0.2) is 0 Å². The Hall–Kier alpha value is -2.24. The predicted octanol–water partition coefficient (Wildman–Crippen LogP) is 4.06. The van der Waals surface area contributed by atoms with Crippen LogP contribution in [0.15, 0.2) is 36.4 Å². The van der Waals surface area contributed by atoms with E-state index < -0.39 is 5.41 Å². The highest BCUT2D eigenvalue weighted by molar-refractivity contribution is 6.31. The molecular formula is C23H26ClN3O2. The van der Waals surface area contributed by atoms with E-state index in [-0.39, 0.29) is 5.91 Å². The minimum absolute atomic E-state index is 0.119. The molecule has 2 aromatic carbocycles. The molecule has 3 aliphatic rings. The highest BCUT2D eigenvalue weighted by Gasteiger charge is 2.48.